The molecule has 0 aromatic rings. The Balaban J connectivity index is 0. The van der Waals surface area contributed by atoms with Crippen LogP contribution in [0.3, 0.4) is 0 Å². The predicted octanol–water partition coefficient (Wildman–Crippen LogP) is -1.13. The molecule has 4 nitrogen and oxygen atoms in total. The van der Waals surface area contributed by atoms with Gasteiger partial charge in [-0.1, -0.05) is 0 Å². The van der Waals surface area contributed by atoms with Gasteiger partial charge >= 0.3 is 0 Å². The highest BCUT2D eigenvalue weighted by atomic mass is 127. The Kier molecular flexibility index (Phi) is 9.44. The van der Waals surface area contributed by atoms with E-state index in [1.165, 1.54) is 0 Å². The fourth-order valence-electron chi connectivity index (χ4n) is 0.179. The third kappa shape index (κ3) is 9.35. The van der Waals surface area contributed by atoms with Gasteiger partial charge in [0.15, 0.2) is 5.96 Å². The van der Waals surface area contributed by atoms with E-state index in [0.717, 1.165) is 0 Å². The summed E-state index contributed by atoms with van der Waals surface area (Å²) >= 11 is 0. The topological polar surface area (TPSA) is 84.6 Å². The van der Waals surface area contributed by atoms with Gasteiger partial charge in [-0.2, -0.15) is 0 Å². The molecule has 0 fully saturated rings. The molecule has 8 heavy (non-hydrogen) atoms. The Morgan fingerprint density at radius 3 is 2.12 bits per heavy atom. The van der Waals surface area contributed by atoms with E-state index < -0.39 is 0 Å². The van der Waals surface area contributed by atoms with Crippen molar-refractivity contribution in [3.8, 4) is 0 Å². The third-order valence-electron chi connectivity index (χ3n) is 0.394. The standard InChI is InChI=1S/C3H9N3O.HI/c4-3(5)6-1-2-7;/h7H,1-2H2,(H4,4,5,6);1H. The lowest BCUT2D eigenvalue weighted by Crippen LogP contribution is -2.23. The van der Waals surface area contributed by atoms with Gasteiger partial charge < -0.3 is 16.6 Å². The molecule has 0 radical (unpaired) electrons. The first kappa shape index (κ1) is 10.9. The molecule has 0 aliphatic carbocycles. The van der Waals surface area contributed by atoms with Crippen molar-refractivity contribution in [2.24, 2.45) is 16.5 Å². The molecule has 0 saturated heterocycles. The van der Waals surface area contributed by atoms with Crippen molar-refractivity contribution < 1.29 is 5.11 Å². The highest BCUT2D eigenvalue weighted by Crippen LogP contribution is 1.61. The van der Waals surface area contributed by atoms with Gasteiger partial charge in [-0.05, 0) is 0 Å². The average Bonchev–Trinajstić information content (AvgIpc) is 1.61. The van der Waals surface area contributed by atoms with Crippen molar-refractivity contribution in [1.82, 2.24) is 0 Å². The maximum Gasteiger partial charge on any atom is 0.185 e. The van der Waals surface area contributed by atoms with Crippen molar-refractivity contribution in [2.75, 3.05) is 13.2 Å². The zero-order chi connectivity index (χ0) is 5.70. The summed E-state index contributed by atoms with van der Waals surface area (Å²) in [6.07, 6.45) is 0. The van der Waals surface area contributed by atoms with Crippen LogP contribution in [-0.4, -0.2) is 24.2 Å². The number of aliphatic imine (C=N–C) groups is 1. The molecular weight excluding hydrogens is 221 g/mol. The molecule has 0 bridgehead atoms. The summed E-state index contributed by atoms with van der Waals surface area (Å²) in [7, 11) is 0. The largest absolute Gasteiger partial charge is 0.394 e. The molecule has 0 heterocycles. The molecule has 5 N–H and O–H groups in total. The maximum atomic E-state index is 8.10. The minimum atomic E-state index is -0.00208. The molecule has 0 rings (SSSR count). The van der Waals surface area contributed by atoms with E-state index in [1.54, 1.807) is 0 Å². The zero-order valence-electron chi connectivity index (χ0n) is 4.37. The van der Waals surface area contributed by atoms with Crippen LogP contribution in [0.1, 0.15) is 0 Å². The summed E-state index contributed by atoms with van der Waals surface area (Å²) < 4.78 is 0. The Bertz CT molecular complexity index is 70.9. The average molecular weight is 231 g/mol. The summed E-state index contributed by atoms with van der Waals surface area (Å²) in [5.74, 6) is 0.0223. The molecule has 0 aromatic carbocycles. The molecule has 0 amide bonds. The minimum Gasteiger partial charge on any atom is -0.394 e. The summed E-state index contributed by atoms with van der Waals surface area (Å²) in [5, 5.41) is 8.10. The second kappa shape index (κ2) is 6.96. The predicted molar refractivity (Wildman–Crippen MR) is 43.2 cm³/mol. The normalized spacial score (nSPS) is 7.12. The molecule has 0 aromatic heterocycles. The first-order chi connectivity index (χ1) is 3.27. The molecule has 0 aliphatic rings. The van der Waals surface area contributed by atoms with E-state index >= 15 is 0 Å². The molecule has 0 aliphatic heterocycles. The number of halogens is 1. The first-order valence-corrected chi connectivity index (χ1v) is 1.93. The number of hydrogen-bond donors (Lipinski definition) is 3. The van der Waals surface area contributed by atoms with Crippen LogP contribution in [0.2, 0.25) is 0 Å². The van der Waals surface area contributed by atoms with Gasteiger partial charge in [-0.3, -0.25) is 4.99 Å². The van der Waals surface area contributed by atoms with Crippen molar-refractivity contribution >= 4 is 29.9 Å². The maximum absolute atomic E-state index is 8.10. The van der Waals surface area contributed by atoms with E-state index in [-0.39, 0.29) is 36.5 Å². The van der Waals surface area contributed by atoms with Crippen LogP contribution in [0.5, 0.6) is 0 Å². The minimum absolute atomic E-state index is 0. The van der Waals surface area contributed by atoms with Gasteiger partial charge in [0.1, 0.15) is 0 Å². The van der Waals surface area contributed by atoms with Gasteiger partial charge in [0.05, 0.1) is 13.2 Å². The molecular formula is C3H10IN3O. The van der Waals surface area contributed by atoms with E-state index in [0.29, 0.717) is 6.54 Å². The number of rotatable bonds is 2. The molecule has 5 heteroatoms. The van der Waals surface area contributed by atoms with Crippen LogP contribution in [0.4, 0.5) is 0 Å². The van der Waals surface area contributed by atoms with Crippen LogP contribution in [-0.2, 0) is 0 Å². The lowest BCUT2D eigenvalue weighted by Gasteiger charge is -1.86. The van der Waals surface area contributed by atoms with Crippen molar-refractivity contribution in [1.29, 1.82) is 0 Å². The van der Waals surface area contributed by atoms with Crippen LogP contribution >= 0.6 is 24.0 Å². The first-order valence-electron chi connectivity index (χ1n) is 1.93. The number of aliphatic hydroxyl groups is 1. The summed E-state index contributed by atoms with van der Waals surface area (Å²) in [5.41, 5.74) is 9.79. The van der Waals surface area contributed by atoms with Gasteiger partial charge in [-0.25, -0.2) is 0 Å². The van der Waals surface area contributed by atoms with Crippen LogP contribution < -0.4 is 11.5 Å². The molecule has 0 unspecified atom stereocenters. The number of guanidine groups is 1. The smallest absolute Gasteiger partial charge is 0.185 e. The molecule has 0 saturated carbocycles. The highest BCUT2D eigenvalue weighted by molar-refractivity contribution is 14.0. The third-order valence-corrected chi connectivity index (χ3v) is 0.394. The van der Waals surface area contributed by atoms with E-state index in [1.807, 2.05) is 0 Å². The lowest BCUT2D eigenvalue weighted by atomic mass is 10.7. The zero-order valence-corrected chi connectivity index (χ0v) is 6.70. The Morgan fingerprint density at radius 1 is 1.50 bits per heavy atom. The van der Waals surface area contributed by atoms with Gasteiger partial charge in [0.2, 0.25) is 0 Å². The van der Waals surface area contributed by atoms with E-state index in [9.17, 15) is 0 Å². The number of nitrogens with zero attached hydrogens (tertiary/aromatic N) is 1. The van der Waals surface area contributed by atoms with Crippen LogP contribution in [0.15, 0.2) is 4.99 Å². The summed E-state index contributed by atoms with van der Waals surface area (Å²) in [6.45, 7) is 0.292. The second-order valence-corrected chi connectivity index (χ2v) is 1.03. The van der Waals surface area contributed by atoms with E-state index in [4.69, 9.17) is 16.6 Å². The summed E-state index contributed by atoms with van der Waals surface area (Å²) in [4.78, 5) is 3.47. The van der Waals surface area contributed by atoms with Gasteiger partial charge in [0, 0.05) is 0 Å². The molecule has 50 valence electrons. The SMILES string of the molecule is I.NC(N)=NCCO. The highest BCUT2D eigenvalue weighted by Gasteiger charge is 1.75. The van der Waals surface area contributed by atoms with Crippen molar-refractivity contribution in [2.45, 2.75) is 0 Å². The number of nitrogens with two attached hydrogens (primary N) is 2. The Labute approximate surface area is 65.0 Å². The summed E-state index contributed by atoms with van der Waals surface area (Å²) in [6, 6.07) is 0. The quantitative estimate of drug-likeness (QED) is 0.319. The molecule has 0 atom stereocenters. The van der Waals surface area contributed by atoms with Crippen LogP contribution in [0.25, 0.3) is 0 Å². The van der Waals surface area contributed by atoms with Crippen molar-refractivity contribution in [3.05, 3.63) is 0 Å². The Hall–Kier alpha value is -0.0400. The van der Waals surface area contributed by atoms with Crippen molar-refractivity contribution in [3.63, 3.8) is 0 Å². The molecule has 0 spiro atoms. The fraction of sp³-hybridized carbons (Fsp3) is 0.667. The number of aliphatic hydroxyl groups excluding tert-OH is 1. The van der Waals surface area contributed by atoms with Gasteiger partial charge in [-0.15, -0.1) is 24.0 Å². The monoisotopic (exact) mass is 231 g/mol. The fourth-order valence-corrected chi connectivity index (χ4v) is 0.179. The number of hydrogen-bond acceptors (Lipinski definition) is 2. The van der Waals surface area contributed by atoms with Gasteiger partial charge in [0.25, 0.3) is 0 Å². The Morgan fingerprint density at radius 2 is 2.00 bits per heavy atom. The van der Waals surface area contributed by atoms with Crippen LogP contribution in [0, 0.1) is 0 Å². The second-order valence-electron chi connectivity index (χ2n) is 1.03. The van der Waals surface area contributed by atoms with E-state index in [2.05, 4.69) is 4.99 Å². The lowest BCUT2D eigenvalue weighted by molar-refractivity contribution is 0.307.